The van der Waals surface area contributed by atoms with Gasteiger partial charge >= 0.3 is 12.0 Å². The summed E-state index contributed by atoms with van der Waals surface area (Å²) >= 11 is 0. The highest BCUT2D eigenvalue weighted by Gasteiger charge is 2.10. The van der Waals surface area contributed by atoms with E-state index in [1.165, 1.54) is 0 Å². The lowest BCUT2D eigenvalue weighted by atomic mass is 10.3. The summed E-state index contributed by atoms with van der Waals surface area (Å²) in [6, 6.07) is 13.5. The number of hydrogen-bond donors (Lipinski definition) is 2. The first-order valence-corrected chi connectivity index (χ1v) is 6.06. The first kappa shape index (κ1) is 10.9. The second-order valence-electron chi connectivity index (χ2n) is 4.36. The fraction of sp³-hybridized carbons (Fsp3) is 0. The zero-order valence-electron chi connectivity index (χ0n) is 10.3. The molecule has 0 saturated carbocycles. The van der Waals surface area contributed by atoms with Crippen molar-refractivity contribution in [2.75, 3.05) is 11.1 Å². The molecule has 0 saturated heterocycles. The summed E-state index contributed by atoms with van der Waals surface area (Å²) in [4.78, 5) is 8.58. The maximum absolute atomic E-state index is 5.70. The Morgan fingerprint density at radius 1 is 0.850 bits per heavy atom. The van der Waals surface area contributed by atoms with E-state index in [9.17, 15) is 0 Å². The van der Waals surface area contributed by atoms with Crippen LogP contribution in [0.25, 0.3) is 22.2 Å². The quantitative estimate of drug-likeness (QED) is 0.541. The molecule has 0 bridgehead atoms. The van der Waals surface area contributed by atoms with Crippen LogP contribution >= 0.6 is 0 Å². The molecule has 2 aromatic heterocycles. The summed E-state index contributed by atoms with van der Waals surface area (Å²) in [5.41, 5.74) is 9.14. The highest BCUT2D eigenvalue weighted by Crippen LogP contribution is 2.25. The van der Waals surface area contributed by atoms with Gasteiger partial charge in [-0.05, 0) is 24.3 Å². The molecule has 6 heteroatoms. The number of para-hydroxylation sites is 2. The van der Waals surface area contributed by atoms with Crippen LogP contribution in [-0.2, 0) is 0 Å². The first-order chi connectivity index (χ1) is 9.78. The summed E-state index contributed by atoms with van der Waals surface area (Å²) in [5.74, 6) is 0. The molecule has 0 aliphatic rings. The molecule has 0 spiro atoms. The number of fused-ring (bicyclic) bond motifs is 2. The lowest BCUT2D eigenvalue weighted by molar-refractivity contribution is 0.591. The maximum Gasteiger partial charge on any atom is 0.303 e. The fourth-order valence-electron chi connectivity index (χ4n) is 2.01. The summed E-state index contributed by atoms with van der Waals surface area (Å²) in [7, 11) is 0. The third-order valence-electron chi connectivity index (χ3n) is 2.92. The van der Waals surface area contributed by atoms with Crippen LogP contribution in [0.15, 0.2) is 51.3 Å². The van der Waals surface area contributed by atoms with Crippen LogP contribution in [-0.4, -0.2) is 9.97 Å². The van der Waals surface area contributed by atoms with Gasteiger partial charge in [-0.3, -0.25) is 5.32 Å². The lowest BCUT2D eigenvalue weighted by Crippen LogP contribution is -1.89. The third kappa shape index (κ3) is 1.74. The number of aromatic nitrogens is 2. The molecule has 2 heterocycles. The van der Waals surface area contributed by atoms with E-state index in [1.54, 1.807) is 18.2 Å². The minimum atomic E-state index is 0.317. The molecule has 98 valence electrons. The standard InChI is InChI=1S/C14H10N4O2/c15-8-5-6-10-12(7-8)20-14(17-10)18-13-16-9-3-1-2-4-11(9)19-13/h1-7H,15H2,(H,16,17,18). The van der Waals surface area contributed by atoms with E-state index in [2.05, 4.69) is 15.3 Å². The number of anilines is 3. The molecular formula is C14H10N4O2. The van der Waals surface area contributed by atoms with Crippen LogP contribution < -0.4 is 11.1 Å². The number of nitrogens with two attached hydrogens (primary N) is 1. The molecule has 4 rings (SSSR count). The van der Waals surface area contributed by atoms with Crippen LogP contribution in [0.3, 0.4) is 0 Å². The van der Waals surface area contributed by atoms with Gasteiger partial charge in [0.15, 0.2) is 11.2 Å². The average molecular weight is 266 g/mol. The van der Waals surface area contributed by atoms with Crippen molar-refractivity contribution in [2.24, 2.45) is 0 Å². The van der Waals surface area contributed by atoms with Crippen molar-refractivity contribution >= 4 is 39.9 Å². The molecule has 4 aromatic rings. The maximum atomic E-state index is 5.70. The number of benzene rings is 2. The van der Waals surface area contributed by atoms with Crippen molar-refractivity contribution in [3.63, 3.8) is 0 Å². The normalized spacial score (nSPS) is 11.2. The SMILES string of the molecule is Nc1ccc2nc(Nc3nc4ccccc4o3)oc2c1. The number of nitrogens with one attached hydrogen (secondary N) is 1. The van der Waals surface area contributed by atoms with Crippen LogP contribution in [0.5, 0.6) is 0 Å². The van der Waals surface area contributed by atoms with E-state index in [-0.39, 0.29) is 0 Å². The Morgan fingerprint density at radius 3 is 2.35 bits per heavy atom. The van der Waals surface area contributed by atoms with Crippen LogP contribution in [0.2, 0.25) is 0 Å². The first-order valence-electron chi connectivity index (χ1n) is 6.06. The number of nitrogen functional groups attached to an aromatic ring is 1. The van der Waals surface area contributed by atoms with Gasteiger partial charge in [-0.15, -0.1) is 0 Å². The number of oxazole rings is 2. The minimum Gasteiger partial charge on any atom is -0.423 e. The van der Waals surface area contributed by atoms with Crippen molar-refractivity contribution in [1.29, 1.82) is 0 Å². The molecule has 0 atom stereocenters. The van der Waals surface area contributed by atoms with Gasteiger partial charge < -0.3 is 14.6 Å². The zero-order chi connectivity index (χ0) is 13.5. The van der Waals surface area contributed by atoms with Crippen molar-refractivity contribution in [2.45, 2.75) is 0 Å². The second kappa shape index (κ2) is 3.99. The number of rotatable bonds is 2. The topological polar surface area (TPSA) is 90.1 Å². The molecule has 6 nitrogen and oxygen atoms in total. The van der Waals surface area contributed by atoms with E-state index in [4.69, 9.17) is 14.6 Å². The van der Waals surface area contributed by atoms with E-state index >= 15 is 0 Å². The Hall–Kier alpha value is -3.02. The molecule has 0 unspecified atom stereocenters. The lowest BCUT2D eigenvalue weighted by Gasteiger charge is -1.92. The van der Waals surface area contributed by atoms with E-state index in [0.717, 1.165) is 11.0 Å². The Bertz CT molecular complexity index is 877. The van der Waals surface area contributed by atoms with Gasteiger partial charge in [-0.2, -0.15) is 9.97 Å². The Labute approximate surface area is 113 Å². The number of nitrogens with zero attached hydrogens (tertiary/aromatic N) is 2. The molecular weight excluding hydrogens is 256 g/mol. The predicted molar refractivity (Wildman–Crippen MR) is 75.7 cm³/mol. The molecule has 0 aliphatic carbocycles. The largest absolute Gasteiger partial charge is 0.423 e. The van der Waals surface area contributed by atoms with E-state index < -0.39 is 0 Å². The molecule has 2 aromatic carbocycles. The summed E-state index contributed by atoms with van der Waals surface area (Å²) < 4.78 is 11.1. The van der Waals surface area contributed by atoms with Crippen LogP contribution in [0.4, 0.5) is 17.7 Å². The highest BCUT2D eigenvalue weighted by atomic mass is 16.4. The number of hydrogen-bond acceptors (Lipinski definition) is 6. The Kier molecular flexibility index (Phi) is 2.17. The second-order valence-corrected chi connectivity index (χ2v) is 4.36. The summed E-state index contributed by atoms with van der Waals surface area (Å²) in [6.45, 7) is 0. The van der Waals surface area contributed by atoms with Gasteiger partial charge in [-0.25, -0.2) is 0 Å². The highest BCUT2D eigenvalue weighted by molar-refractivity contribution is 5.79. The van der Waals surface area contributed by atoms with Gasteiger partial charge in [-0.1, -0.05) is 12.1 Å². The third-order valence-corrected chi connectivity index (χ3v) is 2.92. The monoisotopic (exact) mass is 266 g/mol. The van der Waals surface area contributed by atoms with Crippen LogP contribution in [0, 0.1) is 0 Å². The van der Waals surface area contributed by atoms with E-state index in [0.29, 0.717) is 28.9 Å². The van der Waals surface area contributed by atoms with Gasteiger partial charge in [0.05, 0.1) is 0 Å². The van der Waals surface area contributed by atoms with Crippen molar-refractivity contribution in [1.82, 2.24) is 9.97 Å². The predicted octanol–water partition coefficient (Wildman–Crippen LogP) is 3.29. The van der Waals surface area contributed by atoms with Gasteiger partial charge in [0.25, 0.3) is 0 Å². The van der Waals surface area contributed by atoms with Crippen molar-refractivity contribution < 1.29 is 8.83 Å². The van der Waals surface area contributed by atoms with Gasteiger partial charge in [0, 0.05) is 11.8 Å². The van der Waals surface area contributed by atoms with Crippen molar-refractivity contribution in [3.05, 3.63) is 42.5 Å². The molecule has 0 aliphatic heterocycles. The Balaban J connectivity index is 1.72. The van der Waals surface area contributed by atoms with Crippen LogP contribution in [0.1, 0.15) is 0 Å². The smallest absolute Gasteiger partial charge is 0.303 e. The van der Waals surface area contributed by atoms with Gasteiger partial charge in [0.1, 0.15) is 11.0 Å². The molecule has 20 heavy (non-hydrogen) atoms. The summed E-state index contributed by atoms with van der Waals surface area (Å²) in [5, 5.41) is 2.91. The van der Waals surface area contributed by atoms with Gasteiger partial charge in [0.2, 0.25) is 0 Å². The molecule has 0 amide bonds. The fourth-order valence-corrected chi connectivity index (χ4v) is 2.01. The van der Waals surface area contributed by atoms with Crippen molar-refractivity contribution in [3.8, 4) is 0 Å². The molecule has 0 radical (unpaired) electrons. The van der Waals surface area contributed by atoms with E-state index in [1.807, 2.05) is 24.3 Å². The average Bonchev–Trinajstić information content (AvgIpc) is 3.00. The molecule has 0 fully saturated rings. The molecule has 3 N–H and O–H groups in total. The minimum absolute atomic E-state index is 0.317. The summed E-state index contributed by atoms with van der Waals surface area (Å²) in [6.07, 6.45) is 0. The zero-order valence-corrected chi connectivity index (χ0v) is 10.3. The Morgan fingerprint density at radius 2 is 1.55 bits per heavy atom.